The summed E-state index contributed by atoms with van der Waals surface area (Å²) in [5, 5.41) is 10.7. The van der Waals surface area contributed by atoms with Crippen molar-refractivity contribution in [3.63, 3.8) is 0 Å². The lowest BCUT2D eigenvalue weighted by Gasteiger charge is -2.36. The first-order valence-corrected chi connectivity index (χ1v) is 8.83. The monoisotopic (exact) mass is 363 g/mol. The molecule has 0 unspecified atom stereocenters. The molecule has 7 heteroatoms. The molecule has 1 aliphatic rings. The molecule has 0 saturated heterocycles. The third-order valence-electron chi connectivity index (χ3n) is 4.87. The SMILES string of the molecule is COc1ccc([C@H]2[C@@H](C(=O)Nc3ccccc3)[C@@H](C)Nc3ncnn32)cc1. The minimum Gasteiger partial charge on any atom is -0.497 e. The number of benzene rings is 2. The van der Waals surface area contributed by atoms with Gasteiger partial charge in [0.1, 0.15) is 12.1 Å². The number of amides is 1. The molecule has 7 nitrogen and oxygen atoms in total. The van der Waals surface area contributed by atoms with Gasteiger partial charge >= 0.3 is 0 Å². The number of anilines is 2. The highest BCUT2D eigenvalue weighted by molar-refractivity contribution is 5.94. The number of carbonyl (C=O) groups excluding carboxylic acids is 1. The first-order valence-electron chi connectivity index (χ1n) is 8.83. The van der Waals surface area contributed by atoms with Crippen LogP contribution in [0.15, 0.2) is 60.9 Å². The molecule has 2 aromatic carbocycles. The maximum atomic E-state index is 13.2. The second kappa shape index (κ2) is 7.11. The van der Waals surface area contributed by atoms with Gasteiger partial charge in [0, 0.05) is 11.7 Å². The van der Waals surface area contributed by atoms with E-state index < -0.39 is 0 Å². The van der Waals surface area contributed by atoms with Gasteiger partial charge in [-0.1, -0.05) is 30.3 Å². The number of aromatic nitrogens is 3. The van der Waals surface area contributed by atoms with Crippen molar-refractivity contribution in [2.75, 3.05) is 17.7 Å². The van der Waals surface area contributed by atoms with E-state index in [1.54, 1.807) is 11.8 Å². The molecular formula is C20H21N5O2. The smallest absolute Gasteiger partial charge is 0.232 e. The van der Waals surface area contributed by atoms with E-state index in [0.717, 1.165) is 17.0 Å². The molecule has 138 valence electrons. The Hall–Kier alpha value is -3.35. The van der Waals surface area contributed by atoms with Crippen LogP contribution in [0.5, 0.6) is 5.75 Å². The van der Waals surface area contributed by atoms with Crippen LogP contribution in [-0.4, -0.2) is 33.8 Å². The first kappa shape index (κ1) is 17.1. The lowest BCUT2D eigenvalue weighted by molar-refractivity contribution is -0.121. The summed E-state index contributed by atoms with van der Waals surface area (Å²) in [7, 11) is 1.63. The summed E-state index contributed by atoms with van der Waals surface area (Å²) in [6, 6.07) is 16.8. The maximum Gasteiger partial charge on any atom is 0.232 e. The fourth-order valence-electron chi connectivity index (χ4n) is 3.54. The van der Waals surface area contributed by atoms with Crippen molar-refractivity contribution in [1.82, 2.24) is 14.8 Å². The molecule has 0 bridgehead atoms. The summed E-state index contributed by atoms with van der Waals surface area (Å²) >= 11 is 0. The predicted molar refractivity (Wildman–Crippen MR) is 103 cm³/mol. The number of methoxy groups -OCH3 is 1. The Morgan fingerprint density at radius 1 is 1.15 bits per heavy atom. The predicted octanol–water partition coefficient (Wildman–Crippen LogP) is 2.95. The Balaban J connectivity index is 1.71. The minimum atomic E-state index is -0.368. The van der Waals surface area contributed by atoms with Gasteiger partial charge in [-0.25, -0.2) is 4.68 Å². The molecule has 3 aromatic rings. The molecule has 1 amide bonds. The van der Waals surface area contributed by atoms with E-state index in [9.17, 15) is 4.79 Å². The van der Waals surface area contributed by atoms with Gasteiger partial charge in [0.25, 0.3) is 0 Å². The van der Waals surface area contributed by atoms with Crippen LogP contribution in [0.25, 0.3) is 0 Å². The zero-order chi connectivity index (χ0) is 18.8. The number of ether oxygens (including phenoxy) is 1. The summed E-state index contributed by atoms with van der Waals surface area (Å²) < 4.78 is 7.03. The quantitative estimate of drug-likeness (QED) is 0.745. The van der Waals surface area contributed by atoms with Crippen LogP contribution in [0.1, 0.15) is 18.5 Å². The van der Waals surface area contributed by atoms with Crippen LogP contribution < -0.4 is 15.4 Å². The van der Waals surface area contributed by atoms with Crippen LogP contribution in [0, 0.1) is 5.92 Å². The molecule has 4 rings (SSSR count). The third-order valence-corrected chi connectivity index (χ3v) is 4.87. The van der Waals surface area contributed by atoms with Crippen LogP contribution in [0.2, 0.25) is 0 Å². The Morgan fingerprint density at radius 2 is 1.89 bits per heavy atom. The van der Waals surface area contributed by atoms with Gasteiger partial charge in [0.2, 0.25) is 11.9 Å². The average Bonchev–Trinajstić information content (AvgIpc) is 3.15. The van der Waals surface area contributed by atoms with E-state index in [1.807, 2.05) is 61.5 Å². The van der Waals surface area contributed by atoms with Gasteiger partial charge in [-0.3, -0.25) is 4.79 Å². The lowest BCUT2D eigenvalue weighted by atomic mass is 9.85. The number of nitrogens with one attached hydrogen (secondary N) is 2. The second-order valence-electron chi connectivity index (χ2n) is 6.56. The van der Waals surface area contributed by atoms with Crippen LogP contribution in [-0.2, 0) is 4.79 Å². The van der Waals surface area contributed by atoms with Crippen molar-refractivity contribution in [1.29, 1.82) is 0 Å². The highest BCUT2D eigenvalue weighted by Crippen LogP contribution is 2.36. The van der Waals surface area contributed by atoms with Crippen LogP contribution >= 0.6 is 0 Å². The summed E-state index contributed by atoms with van der Waals surface area (Å²) in [6.45, 7) is 1.99. The molecule has 3 atom stereocenters. The van der Waals surface area contributed by atoms with Crippen LogP contribution in [0.3, 0.4) is 0 Å². The molecule has 27 heavy (non-hydrogen) atoms. The Kier molecular flexibility index (Phi) is 4.50. The number of rotatable bonds is 4. The van der Waals surface area contributed by atoms with Gasteiger partial charge in [0.15, 0.2) is 0 Å². The van der Waals surface area contributed by atoms with Crippen LogP contribution in [0.4, 0.5) is 11.6 Å². The van der Waals surface area contributed by atoms with Crippen molar-refractivity contribution in [3.8, 4) is 5.75 Å². The molecule has 1 aromatic heterocycles. The Morgan fingerprint density at radius 3 is 2.59 bits per heavy atom. The molecule has 0 radical (unpaired) electrons. The summed E-state index contributed by atoms with van der Waals surface area (Å²) in [6.07, 6.45) is 1.50. The van der Waals surface area contributed by atoms with E-state index in [4.69, 9.17) is 4.74 Å². The van der Waals surface area contributed by atoms with Gasteiger partial charge in [-0.05, 0) is 36.8 Å². The number of fused-ring (bicyclic) bond motifs is 1. The minimum absolute atomic E-state index is 0.0665. The second-order valence-corrected chi connectivity index (χ2v) is 6.56. The average molecular weight is 363 g/mol. The molecule has 2 heterocycles. The molecule has 1 aliphatic heterocycles. The van der Waals surface area contributed by atoms with E-state index >= 15 is 0 Å². The number of hydrogen-bond donors (Lipinski definition) is 2. The molecule has 2 N–H and O–H groups in total. The topological polar surface area (TPSA) is 81.1 Å². The molecular weight excluding hydrogens is 342 g/mol. The summed E-state index contributed by atoms with van der Waals surface area (Å²) in [4.78, 5) is 17.5. The van der Waals surface area contributed by atoms with Crippen molar-refractivity contribution in [3.05, 3.63) is 66.5 Å². The van der Waals surface area contributed by atoms with Crippen molar-refractivity contribution in [2.45, 2.75) is 19.0 Å². The summed E-state index contributed by atoms with van der Waals surface area (Å²) in [5.41, 5.74) is 1.75. The van der Waals surface area contributed by atoms with Crippen molar-refractivity contribution >= 4 is 17.5 Å². The van der Waals surface area contributed by atoms with Crippen molar-refractivity contribution in [2.24, 2.45) is 5.92 Å². The summed E-state index contributed by atoms with van der Waals surface area (Å²) in [5.74, 6) is 0.993. The first-order chi connectivity index (χ1) is 13.2. The molecule has 0 fully saturated rings. The number of nitrogens with zero attached hydrogens (tertiary/aromatic N) is 3. The third kappa shape index (κ3) is 3.23. The van der Waals surface area contributed by atoms with Gasteiger partial charge in [-0.15, -0.1) is 0 Å². The molecule has 0 spiro atoms. The van der Waals surface area contributed by atoms with E-state index in [-0.39, 0.29) is 23.9 Å². The van der Waals surface area contributed by atoms with E-state index in [1.165, 1.54) is 6.33 Å². The lowest BCUT2D eigenvalue weighted by Crippen LogP contribution is -2.46. The van der Waals surface area contributed by atoms with Gasteiger partial charge in [0.05, 0.1) is 19.1 Å². The van der Waals surface area contributed by atoms with Gasteiger partial charge in [-0.2, -0.15) is 10.1 Å². The highest BCUT2D eigenvalue weighted by atomic mass is 16.5. The fourth-order valence-corrected chi connectivity index (χ4v) is 3.54. The molecule has 0 saturated carbocycles. The number of para-hydroxylation sites is 1. The van der Waals surface area contributed by atoms with Crippen molar-refractivity contribution < 1.29 is 9.53 Å². The zero-order valence-electron chi connectivity index (χ0n) is 15.2. The standard InChI is InChI=1S/C20H21N5O2/c1-13-17(19(26)24-15-6-4-3-5-7-15)18(25-20(23-13)21-12-22-25)14-8-10-16(27-2)11-9-14/h3-13,17-18H,1-2H3,(H,24,26)(H,21,22,23)/t13-,17+,18+/m1/s1. The normalized spacial score (nSPS) is 21.0. The largest absolute Gasteiger partial charge is 0.497 e. The number of carbonyl (C=O) groups is 1. The Labute approximate surface area is 157 Å². The van der Waals surface area contributed by atoms with Gasteiger partial charge < -0.3 is 15.4 Å². The highest BCUT2D eigenvalue weighted by Gasteiger charge is 2.41. The van der Waals surface area contributed by atoms with E-state index in [2.05, 4.69) is 20.7 Å². The zero-order valence-corrected chi connectivity index (χ0v) is 15.2. The maximum absolute atomic E-state index is 13.2. The fraction of sp³-hybridized carbons (Fsp3) is 0.250. The molecule has 0 aliphatic carbocycles. The Bertz CT molecular complexity index is 923. The number of hydrogen-bond acceptors (Lipinski definition) is 5. The van der Waals surface area contributed by atoms with E-state index in [0.29, 0.717) is 5.95 Å².